The molecule has 1 aromatic carbocycles. The first kappa shape index (κ1) is 200. The highest BCUT2D eigenvalue weighted by molar-refractivity contribution is 5.73. The summed E-state index contributed by atoms with van der Waals surface area (Å²) in [4.78, 5) is 101. The molecule has 85 heavy (non-hydrogen) atoms. The van der Waals surface area contributed by atoms with Crippen molar-refractivity contribution in [1.29, 1.82) is 0 Å². The van der Waals surface area contributed by atoms with Crippen molar-refractivity contribution in [3.63, 3.8) is 0 Å². The highest BCUT2D eigenvalue weighted by Gasteiger charge is 2.11. The van der Waals surface area contributed by atoms with Crippen molar-refractivity contribution in [2.45, 2.75) is 210 Å². The molecule has 1 fully saturated rings. The number of benzene rings is 1. The minimum Gasteiger partial charge on any atom is -0.394 e. The van der Waals surface area contributed by atoms with E-state index in [0.717, 1.165) is 43.2 Å². The summed E-state index contributed by atoms with van der Waals surface area (Å²) in [5.74, 6) is 4.42. The Morgan fingerprint density at radius 2 is 0.565 bits per heavy atom. The van der Waals surface area contributed by atoms with E-state index in [1.807, 2.05) is 119 Å². The zero-order chi connectivity index (χ0) is 67.5. The van der Waals surface area contributed by atoms with E-state index in [1.54, 1.807) is 20.8 Å². The maximum Gasteiger partial charge on any atom is 0.219 e. The number of aryl methyl sites for hydroxylation is 1. The topological polar surface area (TPSA) is 595 Å². The van der Waals surface area contributed by atoms with Crippen LogP contribution in [0.25, 0.3) is 0 Å². The lowest BCUT2D eigenvalue weighted by molar-refractivity contribution is -0.129. The zero-order valence-corrected chi connectivity index (χ0v) is 60.8. The van der Waals surface area contributed by atoms with Gasteiger partial charge in [0.2, 0.25) is 5.91 Å². The van der Waals surface area contributed by atoms with Gasteiger partial charge in [-0.2, -0.15) is 0 Å². The molecule has 1 heterocycles. The number of allylic oxidation sites excluding steroid dienone is 1. The summed E-state index contributed by atoms with van der Waals surface area (Å²) in [7, 11) is 3.00. The van der Waals surface area contributed by atoms with Crippen LogP contribution >= 0.6 is 0 Å². The third-order valence-electron chi connectivity index (χ3n) is 6.79. The molecule has 25 nitrogen and oxygen atoms in total. The van der Waals surface area contributed by atoms with Gasteiger partial charge in [0.25, 0.3) is 0 Å². The number of carbonyl (C=O) groups is 12. The Bertz CT molecular complexity index is 828. The molecular weight excluding hydrogens is 1100 g/mol. The van der Waals surface area contributed by atoms with Gasteiger partial charge in [0.1, 0.15) is 74.7 Å². The highest BCUT2D eigenvalue weighted by Crippen LogP contribution is 2.07. The predicted molar refractivity (Wildman–Crippen MR) is 381 cm³/mol. The second kappa shape index (κ2) is 336. The molecule has 0 radical (unpaired) electrons. The summed E-state index contributed by atoms with van der Waals surface area (Å²) in [5, 5.41) is 8.06. The molecule has 1 aromatic rings. The van der Waals surface area contributed by atoms with Gasteiger partial charge in [0.05, 0.1) is 0 Å². The number of likely N-dealkylation sites (tertiary alicyclic amines) is 1. The summed E-state index contributed by atoms with van der Waals surface area (Å²) in [6.45, 7) is 73.6. The first-order valence-corrected chi connectivity index (χ1v) is 25.3. The smallest absolute Gasteiger partial charge is 0.219 e. The van der Waals surface area contributed by atoms with Crippen LogP contribution in [-0.4, -0.2) is 124 Å². The van der Waals surface area contributed by atoms with Crippen LogP contribution in [0.5, 0.6) is 0 Å². The van der Waals surface area contributed by atoms with E-state index >= 15 is 0 Å². The first-order chi connectivity index (χ1) is 36.3. The molecule has 0 spiro atoms. The van der Waals surface area contributed by atoms with Crippen LogP contribution in [0.15, 0.2) is 43.0 Å². The van der Waals surface area contributed by atoms with Crippen molar-refractivity contribution in [1.82, 2.24) is 60.3 Å². The van der Waals surface area contributed by atoms with Crippen LogP contribution in [0.2, 0.25) is 0 Å². The van der Waals surface area contributed by atoms with Crippen LogP contribution in [0.4, 0.5) is 0 Å². The van der Waals surface area contributed by atoms with Gasteiger partial charge in [0, 0.05) is 26.1 Å². The zero-order valence-electron chi connectivity index (χ0n) is 60.8. The maximum absolute atomic E-state index is 10.7. The molecular formula is C60H160N12O13. The van der Waals surface area contributed by atoms with Gasteiger partial charge in [-0.05, 0) is 88.8 Å². The number of aliphatic hydroxyl groups is 1. The van der Waals surface area contributed by atoms with Gasteiger partial charge in [-0.1, -0.05) is 194 Å². The molecule has 1 saturated heterocycles. The molecule has 0 aromatic heterocycles. The predicted octanol–water partition coefficient (Wildman–Crippen LogP) is 14.3. The van der Waals surface area contributed by atoms with Gasteiger partial charge in [-0.25, -0.2) is 0 Å². The van der Waals surface area contributed by atoms with Crippen molar-refractivity contribution in [2.75, 3.05) is 27.2 Å². The van der Waals surface area contributed by atoms with E-state index in [2.05, 4.69) is 146 Å². The molecule has 538 valence electrons. The van der Waals surface area contributed by atoms with Gasteiger partial charge >= 0.3 is 0 Å². The van der Waals surface area contributed by atoms with E-state index in [-0.39, 0.29) is 67.4 Å². The standard InChI is InChI=1S/C8H10.C7H13NO.4C5H12.C5H10.C3H8O.2C2H6.2CH5N.11CH2O.9H3N/c1-2-8-6-4-3-5-7-8;1-7(9)8-5-3-2-4-6-8;5*1-4-5(2)3;1-3(2)4;15*1-2;;;;;;;;;/h3-7H,2H2,1H3;2-6H2,1H3;4*5H,4H2,1-3H3;4-5H,1H2,2-3H3;3-4H,1-2H3;2*1-2H3;2*2H2,1H3;11*1H2;9*1H3. The summed E-state index contributed by atoms with van der Waals surface area (Å²) < 4.78 is 0. The molecule has 0 bridgehead atoms. The number of nitrogens with zero attached hydrogens (tertiary/aromatic N) is 1. The second-order valence-corrected chi connectivity index (χ2v) is 14.2. The number of piperidine rings is 1. The van der Waals surface area contributed by atoms with Crippen molar-refractivity contribution < 1.29 is 62.6 Å². The first-order valence-electron chi connectivity index (χ1n) is 25.3. The fourth-order valence-electron chi connectivity index (χ4n) is 1.92. The average Bonchev–Trinajstić information content (AvgIpc) is 3.51. The van der Waals surface area contributed by atoms with Crippen molar-refractivity contribution in [3.8, 4) is 0 Å². The van der Waals surface area contributed by atoms with Crippen LogP contribution in [0.1, 0.15) is 203 Å². The average molecular weight is 1260 g/mol. The minimum absolute atomic E-state index is 0. The van der Waals surface area contributed by atoms with Crippen LogP contribution in [-0.2, 0) is 64.0 Å². The number of rotatable bonds is 6. The van der Waals surface area contributed by atoms with Gasteiger partial charge in [-0.3, -0.25) is 4.79 Å². The van der Waals surface area contributed by atoms with Gasteiger partial charge in [-0.15, -0.1) is 6.58 Å². The monoisotopic (exact) mass is 1260 g/mol. The third kappa shape index (κ3) is 659. The largest absolute Gasteiger partial charge is 0.394 e. The van der Waals surface area contributed by atoms with Crippen molar-refractivity contribution in [2.24, 2.45) is 41.1 Å². The Kier molecular flexibility index (Phi) is 791. The number of hydrogen-bond acceptors (Lipinski definition) is 24. The van der Waals surface area contributed by atoms with Crippen LogP contribution in [0, 0.1) is 29.6 Å². The number of nitrogens with two attached hydrogens (primary N) is 2. The Morgan fingerprint density at radius 1 is 0.424 bits per heavy atom. The summed E-state index contributed by atoms with van der Waals surface area (Å²) in [5.41, 5.74) is 10.4. The highest BCUT2D eigenvalue weighted by atomic mass is 16.3. The minimum atomic E-state index is -0.167. The number of amides is 1. The Morgan fingerprint density at radius 3 is 0.635 bits per heavy atom. The molecule has 0 unspecified atom stereocenters. The number of hydrogen-bond donors (Lipinski definition) is 12. The second-order valence-electron chi connectivity index (χ2n) is 14.2. The van der Waals surface area contributed by atoms with E-state index in [1.165, 1.54) is 64.6 Å². The maximum atomic E-state index is 10.7. The molecule has 0 aliphatic carbocycles. The lowest BCUT2D eigenvalue weighted by atomic mass is 10.1. The van der Waals surface area contributed by atoms with Crippen molar-refractivity contribution >= 4 is 80.6 Å². The van der Waals surface area contributed by atoms with Gasteiger partial charge < -0.3 is 130 Å². The summed E-state index contributed by atoms with van der Waals surface area (Å²) in [6, 6.07) is 10.5. The van der Waals surface area contributed by atoms with E-state index in [9.17, 15) is 4.79 Å². The van der Waals surface area contributed by atoms with E-state index in [0.29, 0.717) is 5.92 Å². The molecule has 25 heteroatoms. The molecule has 0 saturated carbocycles. The molecule has 0 atom stereocenters. The van der Waals surface area contributed by atoms with E-state index < -0.39 is 0 Å². The lowest BCUT2D eigenvalue weighted by Crippen LogP contribution is -2.33. The lowest BCUT2D eigenvalue weighted by Gasteiger charge is -2.24. The molecule has 2 rings (SSSR count). The third-order valence-corrected chi connectivity index (χ3v) is 6.79. The SMILES string of the molecule is C=CC(C)C.C=O.C=O.C=O.C=O.C=O.C=O.C=O.C=O.C=O.C=O.C=O.CC.CC.CC(=O)N1CCCCC1.CC(C)O.CCC(C)C.CCC(C)C.CCC(C)C.CCC(C)C.CCc1ccccc1.CN.CN.N.N.N.N.N.N.N.N.N. The molecule has 32 N–H and O–H groups in total. The number of carbonyl (C=O) groups excluding carboxylic acids is 12. The number of aliphatic hydroxyl groups excluding tert-OH is 1. The quantitative estimate of drug-likeness (QED) is 0.118. The molecule has 1 amide bonds. The van der Waals surface area contributed by atoms with E-state index in [4.69, 9.17) is 57.8 Å². The Labute approximate surface area is 528 Å². The Balaban J connectivity index is -0.0000000136. The van der Waals surface area contributed by atoms with Crippen LogP contribution < -0.4 is 66.8 Å². The normalized spacial score (nSPS) is 6.95. The van der Waals surface area contributed by atoms with Crippen LogP contribution in [0.3, 0.4) is 0 Å². The summed E-state index contributed by atoms with van der Waals surface area (Å²) >= 11 is 0. The molecule has 1 aliphatic heterocycles. The summed E-state index contributed by atoms with van der Waals surface area (Å²) in [6.07, 6.45) is 11.8. The van der Waals surface area contributed by atoms with Gasteiger partial charge in [0.15, 0.2) is 0 Å². The fraction of sp³-hybridized carbons (Fsp3) is 0.667. The Hall–Kier alpha value is -5.68. The fourth-order valence-corrected chi connectivity index (χ4v) is 1.92. The van der Waals surface area contributed by atoms with Crippen molar-refractivity contribution in [3.05, 3.63) is 48.6 Å². The molecule has 1 aliphatic rings.